The topological polar surface area (TPSA) is 20.3 Å². The van der Waals surface area contributed by atoms with Gasteiger partial charge in [0.15, 0.2) is 5.78 Å². The standard InChI is InChI=1S/C17H24FNO/c1-12-4-6-14(3)19(11-12)9-8-17(20)15-7-5-13(2)16(18)10-15/h5,7,10,12,14H,4,6,8-9,11H2,1-3H3. The van der Waals surface area contributed by atoms with Gasteiger partial charge in [-0.1, -0.05) is 19.1 Å². The Hall–Kier alpha value is -1.22. The molecule has 0 amide bonds. The number of carbonyl (C=O) groups is 1. The van der Waals surface area contributed by atoms with Crippen molar-refractivity contribution in [1.82, 2.24) is 4.90 Å². The Kier molecular flexibility index (Phi) is 4.92. The molecule has 2 unspecified atom stereocenters. The maximum Gasteiger partial charge on any atom is 0.164 e. The van der Waals surface area contributed by atoms with Crippen molar-refractivity contribution in [1.29, 1.82) is 0 Å². The molecule has 2 nitrogen and oxygen atoms in total. The minimum atomic E-state index is -0.296. The highest BCUT2D eigenvalue weighted by atomic mass is 19.1. The number of Topliss-reactive ketones (excluding diaryl/α,β-unsaturated/α-hetero) is 1. The quantitative estimate of drug-likeness (QED) is 0.780. The van der Waals surface area contributed by atoms with Crippen molar-refractivity contribution >= 4 is 5.78 Å². The van der Waals surface area contributed by atoms with E-state index < -0.39 is 0 Å². The summed E-state index contributed by atoms with van der Waals surface area (Å²) in [4.78, 5) is 14.5. The van der Waals surface area contributed by atoms with E-state index in [-0.39, 0.29) is 11.6 Å². The lowest BCUT2D eigenvalue weighted by Crippen LogP contribution is -2.42. The van der Waals surface area contributed by atoms with Gasteiger partial charge in [0.05, 0.1) is 0 Å². The summed E-state index contributed by atoms with van der Waals surface area (Å²) in [5.74, 6) is 0.447. The summed E-state index contributed by atoms with van der Waals surface area (Å²) in [6, 6.07) is 5.31. The fourth-order valence-corrected chi connectivity index (χ4v) is 2.85. The number of benzene rings is 1. The third-order valence-electron chi connectivity index (χ3n) is 4.37. The Bertz CT molecular complexity index is 486. The average Bonchev–Trinajstić information content (AvgIpc) is 2.42. The van der Waals surface area contributed by atoms with Crippen LogP contribution in [0.25, 0.3) is 0 Å². The van der Waals surface area contributed by atoms with E-state index in [9.17, 15) is 9.18 Å². The Morgan fingerprint density at radius 1 is 1.35 bits per heavy atom. The lowest BCUT2D eigenvalue weighted by atomic mass is 9.94. The van der Waals surface area contributed by atoms with Gasteiger partial charge in [-0.05, 0) is 44.2 Å². The van der Waals surface area contributed by atoms with Crippen molar-refractivity contribution in [3.63, 3.8) is 0 Å². The molecule has 0 spiro atoms. The number of aryl methyl sites for hydroxylation is 1. The molecule has 0 bridgehead atoms. The summed E-state index contributed by atoms with van der Waals surface area (Å²) in [5.41, 5.74) is 1.07. The van der Waals surface area contributed by atoms with Crippen LogP contribution in [0, 0.1) is 18.7 Å². The summed E-state index contributed by atoms with van der Waals surface area (Å²) in [5, 5.41) is 0. The predicted molar refractivity (Wildman–Crippen MR) is 79.5 cm³/mol. The van der Waals surface area contributed by atoms with Crippen LogP contribution in [0.1, 0.15) is 49.0 Å². The van der Waals surface area contributed by atoms with E-state index in [1.165, 1.54) is 18.9 Å². The number of likely N-dealkylation sites (tertiary alicyclic amines) is 1. The summed E-state index contributed by atoms with van der Waals surface area (Å²) in [6.07, 6.45) is 2.95. The summed E-state index contributed by atoms with van der Waals surface area (Å²) in [7, 11) is 0. The minimum absolute atomic E-state index is 0.0364. The Morgan fingerprint density at radius 3 is 2.80 bits per heavy atom. The Balaban J connectivity index is 1.92. The fourth-order valence-electron chi connectivity index (χ4n) is 2.85. The maximum atomic E-state index is 13.5. The van der Waals surface area contributed by atoms with Gasteiger partial charge in [-0.25, -0.2) is 4.39 Å². The first kappa shape index (κ1) is 15.2. The molecule has 1 heterocycles. The largest absolute Gasteiger partial charge is 0.300 e. The normalized spacial score (nSPS) is 23.8. The zero-order valence-electron chi connectivity index (χ0n) is 12.7. The molecule has 1 aliphatic rings. The van der Waals surface area contributed by atoms with E-state index in [0.717, 1.165) is 13.1 Å². The third kappa shape index (κ3) is 3.66. The monoisotopic (exact) mass is 277 g/mol. The summed E-state index contributed by atoms with van der Waals surface area (Å²) >= 11 is 0. The second-order valence-electron chi connectivity index (χ2n) is 6.16. The highest BCUT2D eigenvalue weighted by Crippen LogP contribution is 2.21. The number of nitrogens with zero attached hydrogens (tertiary/aromatic N) is 1. The molecule has 1 fully saturated rings. The van der Waals surface area contributed by atoms with Crippen LogP contribution in [0.15, 0.2) is 18.2 Å². The van der Waals surface area contributed by atoms with E-state index in [1.54, 1.807) is 19.1 Å². The van der Waals surface area contributed by atoms with Gasteiger partial charge in [0, 0.05) is 31.1 Å². The molecular formula is C17H24FNO. The number of ketones is 1. The van der Waals surface area contributed by atoms with Gasteiger partial charge in [0.25, 0.3) is 0 Å². The van der Waals surface area contributed by atoms with Gasteiger partial charge in [0.2, 0.25) is 0 Å². The zero-order chi connectivity index (χ0) is 14.7. The van der Waals surface area contributed by atoms with E-state index in [0.29, 0.717) is 29.5 Å². The first-order valence-electron chi connectivity index (χ1n) is 7.50. The molecule has 3 heteroatoms. The van der Waals surface area contributed by atoms with Crippen molar-refractivity contribution in [2.24, 2.45) is 5.92 Å². The molecule has 0 saturated carbocycles. The van der Waals surface area contributed by atoms with Crippen molar-refractivity contribution < 1.29 is 9.18 Å². The molecule has 1 aromatic carbocycles. The number of hydrogen-bond donors (Lipinski definition) is 0. The molecule has 1 aromatic rings. The van der Waals surface area contributed by atoms with Gasteiger partial charge >= 0.3 is 0 Å². The molecule has 1 saturated heterocycles. The highest BCUT2D eigenvalue weighted by molar-refractivity contribution is 5.96. The smallest absolute Gasteiger partial charge is 0.164 e. The fraction of sp³-hybridized carbons (Fsp3) is 0.588. The van der Waals surface area contributed by atoms with Crippen molar-refractivity contribution in [3.8, 4) is 0 Å². The van der Waals surface area contributed by atoms with Crippen LogP contribution in [0.4, 0.5) is 4.39 Å². The molecule has 0 aliphatic carbocycles. The predicted octanol–water partition coefficient (Wildman–Crippen LogP) is 3.83. The molecule has 1 aliphatic heterocycles. The van der Waals surface area contributed by atoms with Crippen LogP contribution in [0.3, 0.4) is 0 Å². The van der Waals surface area contributed by atoms with E-state index in [2.05, 4.69) is 18.7 Å². The van der Waals surface area contributed by atoms with Crippen LogP contribution in [0.2, 0.25) is 0 Å². The van der Waals surface area contributed by atoms with Gasteiger partial charge in [-0.15, -0.1) is 0 Å². The van der Waals surface area contributed by atoms with Crippen molar-refractivity contribution in [3.05, 3.63) is 35.1 Å². The highest BCUT2D eigenvalue weighted by Gasteiger charge is 2.23. The molecule has 110 valence electrons. The molecule has 2 rings (SSSR count). The van der Waals surface area contributed by atoms with Crippen LogP contribution in [-0.2, 0) is 0 Å². The van der Waals surface area contributed by atoms with E-state index >= 15 is 0 Å². The third-order valence-corrected chi connectivity index (χ3v) is 4.37. The first-order chi connectivity index (χ1) is 9.47. The molecular weight excluding hydrogens is 253 g/mol. The molecule has 0 radical (unpaired) electrons. The van der Waals surface area contributed by atoms with Crippen LogP contribution >= 0.6 is 0 Å². The van der Waals surface area contributed by atoms with Gasteiger partial charge in [-0.3, -0.25) is 9.69 Å². The van der Waals surface area contributed by atoms with Crippen LogP contribution in [0.5, 0.6) is 0 Å². The number of piperidine rings is 1. The number of hydrogen-bond acceptors (Lipinski definition) is 2. The first-order valence-corrected chi connectivity index (χ1v) is 7.50. The maximum absolute atomic E-state index is 13.5. The van der Waals surface area contributed by atoms with Crippen LogP contribution < -0.4 is 0 Å². The second kappa shape index (κ2) is 6.49. The second-order valence-corrected chi connectivity index (χ2v) is 6.16. The Labute approximate surface area is 121 Å². The van der Waals surface area contributed by atoms with E-state index in [1.807, 2.05) is 0 Å². The number of halogens is 1. The van der Waals surface area contributed by atoms with Gasteiger partial charge in [-0.2, -0.15) is 0 Å². The van der Waals surface area contributed by atoms with E-state index in [4.69, 9.17) is 0 Å². The van der Waals surface area contributed by atoms with Gasteiger partial charge in [0.1, 0.15) is 5.82 Å². The minimum Gasteiger partial charge on any atom is -0.300 e. The Morgan fingerprint density at radius 2 is 2.10 bits per heavy atom. The SMILES string of the molecule is Cc1ccc(C(=O)CCN2CC(C)CCC2C)cc1F. The lowest BCUT2D eigenvalue weighted by Gasteiger charge is -2.36. The average molecular weight is 277 g/mol. The number of rotatable bonds is 4. The lowest BCUT2D eigenvalue weighted by molar-refractivity contribution is 0.0899. The molecule has 0 N–H and O–H groups in total. The van der Waals surface area contributed by atoms with Gasteiger partial charge < -0.3 is 0 Å². The molecule has 0 aromatic heterocycles. The summed E-state index contributed by atoms with van der Waals surface area (Å²) < 4.78 is 13.5. The number of carbonyl (C=O) groups excluding carboxylic acids is 1. The van der Waals surface area contributed by atoms with Crippen molar-refractivity contribution in [2.45, 2.75) is 46.1 Å². The molecule has 20 heavy (non-hydrogen) atoms. The summed E-state index contributed by atoms with van der Waals surface area (Å²) in [6.45, 7) is 8.04. The van der Waals surface area contributed by atoms with Crippen LogP contribution in [-0.4, -0.2) is 29.8 Å². The zero-order valence-corrected chi connectivity index (χ0v) is 12.7. The molecule has 2 atom stereocenters. The van der Waals surface area contributed by atoms with Crippen molar-refractivity contribution in [2.75, 3.05) is 13.1 Å².